The molecule has 3 aromatic carbocycles. The first kappa shape index (κ1) is 18.0. The highest BCUT2D eigenvalue weighted by Gasteiger charge is 2.21. The first-order chi connectivity index (χ1) is 13.7. The SMILES string of the molecule is CCCc1cc(/C(=C2/C=CC(=O)c3ccccc32)c2ccccc2)ccc1O. The third-order valence-electron chi connectivity index (χ3n) is 5.10. The van der Waals surface area contributed by atoms with Crippen molar-refractivity contribution in [3.8, 4) is 5.75 Å². The van der Waals surface area contributed by atoms with Gasteiger partial charge in [0.1, 0.15) is 5.75 Å². The maximum Gasteiger partial charge on any atom is 0.186 e. The predicted molar refractivity (Wildman–Crippen MR) is 114 cm³/mol. The van der Waals surface area contributed by atoms with E-state index in [4.69, 9.17) is 0 Å². The Morgan fingerprint density at radius 1 is 0.821 bits per heavy atom. The van der Waals surface area contributed by atoms with Gasteiger partial charge in [-0.25, -0.2) is 0 Å². The Balaban J connectivity index is 2.02. The average molecular weight is 366 g/mol. The predicted octanol–water partition coefficient (Wildman–Crippen LogP) is 6.06. The van der Waals surface area contributed by atoms with Crippen molar-refractivity contribution in [3.05, 3.63) is 113 Å². The van der Waals surface area contributed by atoms with Crippen LogP contribution in [0.2, 0.25) is 0 Å². The molecular weight excluding hydrogens is 344 g/mol. The maximum atomic E-state index is 12.4. The highest BCUT2D eigenvalue weighted by molar-refractivity contribution is 6.16. The van der Waals surface area contributed by atoms with Crippen LogP contribution in [0.15, 0.2) is 84.9 Å². The number of rotatable bonds is 4. The smallest absolute Gasteiger partial charge is 0.186 e. The zero-order valence-electron chi connectivity index (χ0n) is 15.9. The van der Waals surface area contributed by atoms with E-state index in [9.17, 15) is 9.90 Å². The number of hydrogen-bond donors (Lipinski definition) is 1. The fourth-order valence-corrected chi connectivity index (χ4v) is 3.78. The number of phenols is 1. The lowest BCUT2D eigenvalue weighted by molar-refractivity contribution is 0.104. The Labute approximate surface area is 165 Å². The number of fused-ring (bicyclic) bond motifs is 1. The highest BCUT2D eigenvalue weighted by Crippen LogP contribution is 2.38. The van der Waals surface area contributed by atoms with Crippen LogP contribution in [0.5, 0.6) is 5.75 Å². The molecule has 138 valence electrons. The van der Waals surface area contributed by atoms with E-state index < -0.39 is 0 Å². The highest BCUT2D eigenvalue weighted by atomic mass is 16.3. The number of allylic oxidation sites excluding steroid dienone is 3. The summed E-state index contributed by atoms with van der Waals surface area (Å²) in [6.07, 6.45) is 5.35. The van der Waals surface area contributed by atoms with E-state index in [1.165, 1.54) is 0 Å². The summed E-state index contributed by atoms with van der Waals surface area (Å²) >= 11 is 0. The Hall–Kier alpha value is -3.39. The van der Waals surface area contributed by atoms with Crippen LogP contribution in [0, 0.1) is 0 Å². The zero-order chi connectivity index (χ0) is 19.5. The van der Waals surface area contributed by atoms with Crippen LogP contribution in [0.25, 0.3) is 11.1 Å². The minimum atomic E-state index is 0.0316. The molecule has 0 spiro atoms. The maximum absolute atomic E-state index is 12.4. The van der Waals surface area contributed by atoms with E-state index >= 15 is 0 Å². The van der Waals surface area contributed by atoms with Crippen molar-refractivity contribution in [2.24, 2.45) is 0 Å². The lowest BCUT2D eigenvalue weighted by Gasteiger charge is -2.20. The molecule has 3 aromatic rings. The fourth-order valence-electron chi connectivity index (χ4n) is 3.78. The van der Waals surface area contributed by atoms with Gasteiger partial charge in [-0.15, -0.1) is 0 Å². The summed E-state index contributed by atoms with van der Waals surface area (Å²) in [4.78, 5) is 12.4. The molecule has 0 atom stereocenters. The van der Waals surface area contributed by atoms with Gasteiger partial charge in [0.05, 0.1) is 0 Å². The van der Waals surface area contributed by atoms with Crippen LogP contribution in [-0.4, -0.2) is 10.9 Å². The molecule has 0 radical (unpaired) electrons. The number of carbonyl (C=O) groups excluding carboxylic acids is 1. The molecule has 4 rings (SSSR count). The van der Waals surface area contributed by atoms with Gasteiger partial charge in [0, 0.05) is 5.56 Å². The summed E-state index contributed by atoms with van der Waals surface area (Å²) in [5.74, 6) is 0.363. The third-order valence-corrected chi connectivity index (χ3v) is 5.10. The quantitative estimate of drug-likeness (QED) is 0.610. The number of phenolic OH excluding ortho intramolecular Hbond substituents is 1. The van der Waals surface area contributed by atoms with Crippen molar-refractivity contribution in [3.63, 3.8) is 0 Å². The molecule has 28 heavy (non-hydrogen) atoms. The molecule has 0 saturated heterocycles. The Kier molecular flexibility index (Phi) is 4.94. The lowest BCUT2D eigenvalue weighted by atomic mass is 9.83. The molecule has 0 amide bonds. The van der Waals surface area contributed by atoms with Gasteiger partial charge in [0.15, 0.2) is 5.78 Å². The first-order valence-corrected chi connectivity index (χ1v) is 9.63. The van der Waals surface area contributed by atoms with E-state index in [1.54, 1.807) is 12.1 Å². The number of aryl methyl sites for hydroxylation is 1. The second kappa shape index (κ2) is 7.69. The molecule has 0 aromatic heterocycles. The molecule has 0 aliphatic heterocycles. The van der Waals surface area contributed by atoms with Crippen molar-refractivity contribution in [1.29, 1.82) is 0 Å². The molecule has 0 heterocycles. The number of hydrogen-bond acceptors (Lipinski definition) is 2. The van der Waals surface area contributed by atoms with E-state index in [2.05, 4.69) is 25.1 Å². The van der Waals surface area contributed by atoms with Gasteiger partial charge in [-0.1, -0.05) is 74.0 Å². The van der Waals surface area contributed by atoms with Crippen molar-refractivity contribution < 1.29 is 9.90 Å². The largest absolute Gasteiger partial charge is 0.508 e. The molecule has 1 aliphatic rings. The molecule has 1 N–H and O–H groups in total. The first-order valence-electron chi connectivity index (χ1n) is 9.63. The van der Waals surface area contributed by atoms with E-state index in [0.717, 1.165) is 51.8 Å². The molecule has 0 unspecified atom stereocenters. The number of aromatic hydroxyl groups is 1. The zero-order valence-corrected chi connectivity index (χ0v) is 15.9. The molecule has 1 aliphatic carbocycles. The van der Waals surface area contributed by atoms with Crippen LogP contribution in [0.3, 0.4) is 0 Å². The fraction of sp³-hybridized carbons (Fsp3) is 0.115. The monoisotopic (exact) mass is 366 g/mol. The molecule has 0 saturated carbocycles. The van der Waals surface area contributed by atoms with Gasteiger partial charge >= 0.3 is 0 Å². The van der Waals surface area contributed by atoms with Gasteiger partial charge in [-0.3, -0.25) is 4.79 Å². The van der Waals surface area contributed by atoms with E-state index in [1.807, 2.05) is 54.6 Å². The Morgan fingerprint density at radius 3 is 2.29 bits per heavy atom. The second-order valence-electron chi connectivity index (χ2n) is 6.99. The summed E-state index contributed by atoms with van der Waals surface area (Å²) in [5.41, 5.74) is 6.82. The van der Waals surface area contributed by atoms with Gasteiger partial charge in [-0.2, -0.15) is 0 Å². The summed E-state index contributed by atoms with van der Waals surface area (Å²) in [6, 6.07) is 23.8. The van der Waals surface area contributed by atoms with Crippen molar-refractivity contribution in [2.75, 3.05) is 0 Å². The van der Waals surface area contributed by atoms with Gasteiger partial charge < -0.3 is 5.11 Å². The van der Waals surface area contributed by atoms with Crippen LogP contribution in [0.1, 0.15) is 46.0 Å². The molecule has 2 nitrogen and oxygen atoms in total. The number of carbonyl (C=O) groups is 1. The number of ketones is 1. The van der Waals surface area contributed by atoms with E-state index in [0.29, 0.717) is 5.75 Å². The summed E-state index contributed by atoms with van der Waals surface area (Å²) in [5, 5.41) is 10.2. The Bertz CT molecular complexity index is 1090. The average Bonchev–Trinajstić information content (AvgIpc) is 2.73. The molecule has 2 heteroatoms. The third kappa shape index (κ3) is 3.29. The van der Waals surface area contributed by atoms with Crippen LogP contribution in [-0.2, 0) is 6.42 Å². The molecule has 0 bridgehead atoms. The molecular formula is C26H22O2. The summed E-state index contributed by atoms with van der Waals surface area (Å²) in [6.45, 7) is 2.11. The van der Waals surface area contributed by atoms with Crippen molar-refractivity contribution >= 4 is 16.9 Å². The van der Waals surface area contributed by atoms with Crippen LogP contribution in [0.4, 0.5) is 0 Å². The van der Waals surface area contributed by atoms with Crippen molar-refractivity contribution in [2.45, 2.75) is 19.8 Å². The second-order valence-corrected chi connectivity index (χ2v) is 6.99. The van der Waals surface area contributed by atoms with Gasteiger partial charge in [0.25, 0.3) is 0 Å². The minimum absolute atomic E-state index is 0.0316. The summed E-state index contributed by atoms with van der Waals surface area (Å²) in [7, 11) is 0. The normalized spacial score (nSPS) is 14.7. The van der Waals surface area contributed by atoms with Gasteiger partial charge in [0.2, 0.25) is 0 Å². The summed E-state index contributed by atoms with van der Waals surface area (Å²) < 4.78 is 0. The van der Waals surface area contributed by atoms with Gasteiger partial charge in [-0.05, 0) is 64.1 Å². The topological polar surface area (TPSA) is 37.3 Å². The standard InChI is InChI=1S/C26H22O2/c1-2-8-19-17-20(13-15-24(19)27)26(18-9-4-3-5-10-18)23-14-16-25(28)22-12-7-6-11-21(22)23/h3-7,9-17,27H,2,8H2,1H3/b26-23-. The van der Waals surface area contributed by atoms with Crippen molar-refractivity contribution in [1.82, 2.24) is 0 Å². The Morgan fingerprint density at radius 2 is 1.54 bits per heavy atom. The van der Waals surface area contributed by atoms with Crippen LogP contribution >= 0.6 is 0 Å². The number of benzene rings is 3. The van der Waals surface area contributed by atoms with E-state index in [-0.39, 0.29) is 5.78 Å². The lowest BCUT2D eigenvalue weighted by Crippen LogP contribution is -2.06. The molecule has 0 fully saturated rings. The minimum Gasteiger partial charge on any atom is -0.508 e. The van der Waals surface area contributed by atoms with Crippen LogP contribution < -0.4 is 0 Å².